The van der Waals surface area contributed by atoms with Gasteiger partial charge in [0.2, 0.25) is 5.95 Å². The Morgan fingerprint density at radius 1 is 1.16 bits per heavy atom. The number of aromatic nitrogens is 2. The summed E-state index contributed by atoms with van der Waals surface area (Å²) in [6, 6.07) is 7.99. The molecule has 0 aliphatic rings. The predicted molar refractivity (Wildman–Crippen MR) is 76.5 cm³/mol. The molecule has 0 N–H and O–H groups in total. The van der Waals surface area contributed by atoms with E-state index >= 15 is 0 Å². The molecule has 19 heavy (non-hydrogen) atoms. The predicted octanol–water partition coefficient (Wildman–Crippen LogP) is 2.68. The summed E-state index contributed by atoms with van der Waals surface area (Å²) in [7, 11) is 3.67. The van der Waals surface area contributed by atoms with E-state index in [0.717, 1.165) is 35.8 Å². The normalized spacial score (nSPS) is 10.3. The van der Waals surface area contributed by atoms with Gasteiger partial charge >= 0.3 is 0 Å². The molecule has 1 aromatic carbocycles. The van der Waals surface area contributed by atoms with Crippen LogP contribution in [0.25, 0.3) is 0 Å². The van der Waals surface area contributed by atoms with Crippen molar-refractivity contribution in [2.45, 2.75) is 19.9 Å². The van der Waals surface area contributed by atoms with Crippen molar-refractivity contribution in [3.05, 3.63) is 47.8 Å². The van der Waals surface area contributed by atoms with E-state index in [1.165, 1.54) is 0 Å². The van der Waals surface area contributed by atoms with E-state index in [0.29, 0.717) is 0 Å². The van der Waals surface area contributed by atoms with Gasteiger partial charge in [-0.3, -0.25) is 0 Å². The molecule has 0 fully saturated rings. The Balaban J connectivity index is 2.13. The second kappa shape index (κ2) is 6.18. The molecule has 0 atom stereocenters. The Morgan fingerprint density at radius 2 is 1.84 bits per heavy atom. The summed E-state index contributed by atoms with van der Waals surface area (Å²) in [5, 5.41) is 0. The van der Waals surface area contributed by atoms with Gasteiger partial charge in [0.1, 0.15) is 5.75 Å². The lowest BCUT2D eigenvalue weighted by molar-refractivity contribution is 0.409. The number of hydrogen-bond donors (Lipinski definition) is 0. The lowest BCUT2D eigenvalue weighted by Crippen LogP contribution is -2.19. The fourth-order valence-corrected chi connectivity index (χ4v) is 1.89. The van der Waals surface area contributed by atoms with Crippen LogP contribution in [0.3, 0.4) is 0 Å². The average Bonchev–Trinajstić information content (AvgIpc) is 2.48. The second-order valence-corrected chi connectivity index (χ2v) is 4.41. The molecular weight excluding hydrogens is 238 g/mol. The molecule has 0 radical (unpaired) electrons. The van der Waals surface area contributed by atoms with Crippen molar-refractivity contribution in [2.24, 2.45) is 0 Å². The van der Waals surface area contributed by atoms with Gasteiger partial charge in [0.15, 0.2) is 0 Å². The van der Waals surface area contributed by atoms with Gasteiger partial charge in [0, 0.05) is 31.5 Å². The van der Waals surface area contributed by atoms with E-state index < -0.39 is 0 Å². The summed E-state index contributed by atoms with van der Waals surface area (Å²) in [4.78, 5) is 10.8. The monoisotopic (exact) mass is 257 g/mol. The maximum Gasteiger partial charge on any atom is 0.225 e. The number of para-hydroxylation sites is 1. The molecule has 0 saturated heterocycles. The molecule has 1 aromatic heterocycles. The number of ether oxygens (including phenoxy) is 1. The van der Waals surface area contributed by atoms with E-state index in [2.05, 4.69) is 23.0 Å². The Morgan fingerprint density at radius 3 is 2.47 bits per heavy atom. The number of rotatable bonds is 5. The van der Waals surface area contributed by atoms with Crippen molar-refractivity contribution in [1.82, 2.24) is 9.97 Å². The van der Waals surface area contributed by atoms with Gasteiger partial charge in [-0.05, 0) is 18.1 Å². The molecule has 0 unspecified atom stereocenters. The van der Waals surface area contributed by atoms with Gasteiger partial charge < -0.3 is 9.64 Å². The molecule has 0 aliphatic carbocycles. The van der Waals surface area contributed by atoms with Crippen LogP contribution in [-0.4, -0.2) is 24.1 Å². The Kier molecular flexibility index (Phi) is 4.34. The first kappa shape index (κ1) is 13.3. The highest BCUT2D eigenvalue weighted by Crippen LogP contribution is 2.20. The van der Waals surface area contributed by atoms with Crippen LogP contribution in [0.5, 0.6) is 5.75 Å². The van der Waals surface area contributed by atoms with Crippen molar-refractivity contribution >= 4 is 5.95 Å². The summed E-state index contributed by atoms with van der Waals surface area (Å²) in [6.07, 6.45) is 4.71. The smallest absolute Gasteiger partial charge is 0.225 e. The van der Waals surface area contributed by atoms with Crippen LogP contribution in [0.1, 0.15) is 18.1 Å². The van der Waals surface area contributed by atoms with Gasteiger partial charge in [0.05, 0.1) is 7.11 Å². The van der Waals surface area contributed by atoms with Crippen LogP contribution in [-0.2, 0) is 13.0 Å². The number of anilines is 1. The van der Waals surface area contributed by atoms with Crippen LogP contribution in [0, 0.1) is 0 Å². The molecule has 0 bridgehead atoms. The maximum absolute atomic E-state index is 5.35. The lowest BCUT2D eigenvalue weighted by Gasteiger charge is -2.18. The van der Waals surface area contributed by atoms with E-state index in [-0.39, 0.29) is 0 Å². The average molecular weight is 257 g/mol. The van der Waals surface area contributed by atoms with Crippen molar-refractivity contribution in [3.63, 3.8) is 0 Å². The molecule has 4 heteroatoms. The van der Waals surface area contributed by atoms with Gasteiger partial charge in [-0.1, -0.05) is 25.1 Å². The fraction of sp³-hybridized carbons (Fsp3) is 0.333. The van der Waals surface area contributed by atoms with Gasteiger partial charge in [-0.15, -0.1) is 0 Å². The molecule has 2 rings (SSSR count). The van der Waals surface area contributed by atoms with Crippen molar-refractivity contribution in [1.29, 1.82) is 0 Å². The molecule has 4 nitrogen and oxygen atoms in total. The number of hydrogen-bond acceptors (Lipinski definition) is 4. The molecule has 2 aromatic rings. The van der Waals surface area contributed by atoms with E-state index in [9.17, 15) is 0 Å². The van der Waals surface area contributed by atoms with Crippen LogP contribution >= 0.6 is 0 Å². The summed E-state index contributed by atoms with van der Waals surface area (Å²) in [6.45, 7) is 2.81. The zero-order valence-electron chi connectivity index (χ0n) is 11.6. The highest BCUT2D eigenvalue weighted by Gasteiger charge is 2.08. The summed E-state index contributed by atoms with van der Waals surface area (Å²) in [5.41, 5.74) is 2.27. The number of aryl methyl sites for hydroxylation is 1. The fourth-order valence-electron chi connectivity index (χ4n) is 1.89. The van der Waals surface area contributed by atoms with Crippen LogP contribution in [0.4, 0.5) is 5.95 Å². The largest absolute Gasteiger partial charge is 0.496 e. The molecule has 0 amide bonds. The Bertz CT molecular complexity index is 525. The molecule has 1 heterocycles. The third-order valence-corrected chi connectivity index (χ3v) is 3.04. The van der Waals surface area contributed by atoms with E-state index in [1.807, 2.05) is 42.5 Å². The maximum atomic E-state index is 5.35. The first-order valence-electron chi connectivity index (χ1n) is 6.38. The summed E-state index contributed by atoms with van der Waals surface area (Å²) < 4.78 is 5.35. The third-order valence-electron chi connectivity index (χ3n) is 3.04. The highest BCUT2D eigenvalue weighted by atomic mass is 16.5. The Hall–Kier alpha value is -2.10. The number of nitrogens with zero attached hydrogens (tertiary/aromatic N) is 3. The Labute approximate surface area is 114 Å². The molecule has 0 aliphatic heterocycles. The standard InChI is InChI=1S/C15H19N3O/c1-4-12-9-16-15(17-10-12)18(2)11-13-7-5-6-8-14(13)19-3/h5-10H,4,11H2,1-3H3. The van der Waals surface area contributed by atoms with Crippen LogP contribution in [0.2, 0.25) is 0 Å². The number of methoxy groups -OCH3 is 1. The van der Waals surface area contributed by atoms with Gasteiger partial charge in [-0.25, -0.2) is 9.97 Å². The minimum atomic E-state index is 0.718. The first-order chi connectivity index (χ1) is 9.24. The lowest BCUT2D eigenvalue weighted by atomic mass is 10.2. The zero-order chi connectivity index (χ0) is 13.7. The molecule has 100 valence electrons. The van der Waals surface area contributed by atoms with Crippen molar-refractivity contribution in [2.75, 3.05) is 19.1 Å². The van der Waals surface area contributed by atoms with E-state index in [4.69, 9.17) is 4.74 Å². The minimum absolute atomic E-state index is 0.718. The summed E-state index contributed by atoms with van der Waals surface area (Å²) >= 11 is 0. The second-order valence-electron chi connectivity index (χ2n) is 4.41. The quantitative estimate of drug-likeness (QED) is 0.825. The zero-order valence-corrected chi connectivity index (χ0v) is 11.6. The van der Waals surface area contributed by atoms with Gasteiger partial charge in [-0.2, -0.15) is 0 Å². The number of benzene rings is 1. The molecular formula is C15H19N3O. The summed E-state index contributed by atoms with van der Waals surface area (Å²) in [5.74, 6) is 1.61. The van der Waals surface area contributed by atoms with Crippen LogP contribution in [0.15, 0.2) is 36.7 Å². The SMILES string of the molecule is CCc1cnc(N(C)Cc2ccccc2OC)nc1. The minimum Gasteiger partial charge on any atom is -0.496 e. The van der Waals surface area contributed by atoms with Crippen LogP contribution < -0.4 is 9.64 Å². The van der Waals surface area contributed by atoms with E-state index in [1.54, 1.807) is 7.11 Å². The first-order valence-corrected chi connectivity index (χ1v) is 6.38. The highest BCUT2D eigenvalue weighted by molar-refractivity contribution is 5.38. The van der Waals surface area contributed by atoms with Gasteiger partial charge in [0.25, 0.3) is 0 Å². The topological polar surface area (TPSA) is 38.2 Å². The molecule has 0 spiro atoms. The molecule has 0 saturated carbocycles. The van der Waals surface area contributed by atoms with Crippen molar-refractivity contribution < 1.29 is 4.74 Å². The third kappa shape index (κ3) is 3.22. The van der Waals surface area contributed by atoms with Crippen molar-refractivity contribution in [3.8, 4) is 5.75 Å².